The molecule has 128 valence electrons. The lowest BCUT2D eigenvalue weighted by Crippen LogP contribution is -2.27. The van der Waals surface area contributed by atoms with Crippen LogP contribution in [0.1, 0.15) is 10.5 Å². The van der Waals surface area contributed by atoms with E-state index >= 15 is 0 Å². The maximum atomic E-state index is 11.9. The first-order valence-electron chi connectivity index (χ1n) is 7.40. The molecular weight excluding hydrogens is 310 g/mol. The standard InChI is InChI=1S/C17H21N3O4/c1-22-9-8-18-17(21)14-6-4-12(11-19-14)20-15-10-13(23-2)5-7-16(15)24-3/h4-7,10-11,20H,8-9H2,1-3H3,(H,18,21). The zero-order valence-electron chi connectivity index (χ0n) is 14.0. The fraction of sp³-hybridized carbons (Fsp3) is 0.294. The van der Waals surface area contributed by atoms with Crippen molar-refractivity contribution in [3.63, 3.8) is 0 Å². The number of pyridine rings is 1. The molecule has 1 heterocycles. The molecule has 2 aromatic rings. The molecule has 0 spiro atoms. The van der Waals surface area contributed by atoms with Crippen molar-refractivity contribution in [1.29, 1.82) is 0 Å². The largest absolute Gasteiger partial charge is 0.497 e. The minimum atomic E-state index is -0.238. The van der Waals surface area contributed by atoms with Gasteiger partial charge in [0.2, 0.25) is 0 Å². The monoisotopic (exact) mass is 331 g/mol. The summed E-state index contributed by atoms with van der Waals surface area (Å²) < 4.78 is 15.4. The van der Waals surface area contributed by atoms with Crippen LogP contribution in [0.5, 0.6) is 11.5 Å². The highest BCUT2D eigenvalue weighted by molar-refractivity contribution is 5.92. The van der Waals surface area contributed by atoms with Gasteiger partial charge in [-0.05, 0) is 24.3 Å². The molecule has 0 unspecified atom stereocenters. The van der Waals surface area contributed by atoms with E-state index in [0.717, 1.165) is 11.4 Å². The number of rotatable bonds is 8. The van der Waals surface area contributed by atoms with Gasteiger partial charge in [0, 0.05) is 19.7 Å². The second kappa shape index (κ2) is 8.73. The van der Waals surface area contributed by atoms with Crippen LogP contribution in [0.15, 0.2) is 36.5 Å². The second-order valence-electron chi connectivity index (χ2n) is 4.87. The zero-order valence-corrected chi connectivity index (χ0v) is 14.0. The Kier molecular flexibility index (Phi) is 6.39. The van der Waals surface area contributed by atoms with E-state index in [2.05, 4.69) is 15.6 Å². The van der Waals surface area contributed by atoms with Crippen molar-refractivity contribution < 1.29 is 19.0 Å². The lowest BCUT2D eigenvalue weighted by Gasteiger charge is -2.12. The van der Waals surface area contributed by atoms with Gasteiger partial charge < -0.3 is 24.8 Å². The molecule has 2 rings (SSSR count). The number of nitrogens with zero attached hydrogens (tertiary/aromatic N) is 1. The molecule has 0 aliphatic rings. The van der Waals surface area contributed by atoms with Crippen molar-refractivity contribution in [3.05, 3.63) is 42.2 Å². The predicted octanol–water partition coefficient (Wildman–Crippen LogP) is 2.22. The maximum absolute atomic E-state index is 11.9. The highest BCUT2D eigenvalue weighted by Crippen LogP contribution is 2.31. The Hall–Kier alpha value is -2.80. The summed E-state index contributed by atoms with van der Waals surface area (Å²) in [6.45, 7) is 0.902. The summed E-state index contributed by atoms with van der Waals surface area (Å²) in [6, 6.07) is 8.88. The first kappa shape index (κ1) is 17.6. The third-order valence-electron chi connectivity index (χ3n) is 3.27. The van der Waals surface area contributed by atoms with Crippen molar-refractivity contribution in [3.8, 4) is 11.5 Å². The van der Waals surface area contributed by atoms with Gasteiger partial charge in [0.25, 0.3) is 5.91 Å². The molecule has 0 atom stereocenters. The topological polar surface area (TPSA) is 81.7 Å². The molecule has 7 heteroatoms. The van der Waals surface area contributed by atoms with Crippen LogP contribution in [0.4, 0.5) is 11.4 Å². The van der Waals surface area contributed by atoms with E-state index in [1.807, 2.05) is 18.2 Å². The van der Waals surface area contributed by atoms with Crippen molar-refractivity contribution in [1.82, 2.24) is 10.3 Å². The van der Waals surface area contributed by atoms with Gasteiger partial charge in [0.05, 0.1) is 38.4 Å². The number of anilines is 2. The number of hydrogen-bond acceptors (Lipinski definition) is 6. The molecule has 0 radical (unpaired) electrons. The van der Waals surface area contributed by atoms with Crippen molar-refractivity contribution in [2.75, 3.05) is 39.8 Å². The van der Waals surface area contributed by atoms with Crippen LogP contribution < -0.4 is 20.1 Å². The highest BCUT2D eigenvalue weighted by atomic mass is 16.5. The zero-order chi connectivity index (χ0) is 17.4. The van der Waals surface area contributed by atoms with Crippen LogP contribution in [0, 0.1) is 0 Å². The molecule has 2 N–H and O–H groups in total. The van der Waals surface area contributed by atoms with Crippen LogP contribution >= 0.6 is 0 Å². The van der Waals surface area contributed by atoms with Gasteiger partial charge >= 0.3 is 0 Å². The summed E-state index contributed by atoms with van der Waals surface area (Å²) in [7, 11) is 4.78. The smallest absolute Gasteiger partial charge is 0.269 e. The van der Waals surface area contributed by atoms with E-state index in [4.69, 9.17) is 14.2 Å². The number of carbonyl (C=O) groups is 1. The first-order chi connectivity index (χ1) is 11.7. The Bertz CT molecular complexity index is 674. The normalized spacial score (nSPS) is 10.1. The van der Waals surface area contributed by atoms with Gasteiger partial charge in [-0.2, -0.15) is 0 Å². The molecule has 0 fully saturated rings. The molecule has 1 aromatic heterocycles. The van der Waals surface area contributed by atoms with Crippen LogP contribution in [0.25, 0.3) is 0 Å². The number of nitrogens with one attached hydrogen (secondary N) is 2. The Morgan fingerprint density at radius 1 is 1.12 bits per heavy atom. The molecule has 0 saturated carbocycles. The second-order valence-corrected chi connectivity index (χ2v) is 4.87. The van der Waals surface area contributed by atoms with E-state index in [9.17, 15) is 4.79 Å². The van der Waals surface area contributed by atoms with Gasteiger partial charge in [0.15, 0.2) is 0 Å². The minimum Gasteiger partial charge on any atom is -0.497 e. The molecule has 0 aliphatic heterocycles. The summed E-state index contributed by atoms with van der Waals surface area (Å²) in [4.78, 5) is 16.1. The number of amides is 1. The summed E-state index contributed by atoms with van der Waals surface area (Å²) in [5.41, 5.74) is 1.82. The predicted molar refractivity (Wildman–Crippen MR) is 91.3 cm³/mol. The number of methoxy groups -OCH3 is 3. The molecule has 7 nitrogen and oxygen atoms in total. The SMILES string of the molecule is COCCNC(=O)c1ccc(Nc2cc(OC)ccc2OC)cn1. The third-order valence-corrected chi connectivity index (χ3v) is 3.27. The molecule has 1 amide bonds. The Balaban J connectivity index is 2.07. The van der Waals surface area contributed by atoms with Gasteiger partial charge in [-0.1, -0.05) is 0 Å². The molecule has 0 saturated heterocycles. The van der Waals surface area contributed by atoms with E-state index in [1.165, 1.54) is 0 Å². The quantitative estimate of drug-likeness (QED) is 0.722. The molecule has 0 bridgehead atoms. The van der Waals surface area contributed by atoms with Crippen LogP contribution in [0.3, 0.4) is 0 Å². The fourth-order valence-corrected chi connectivity index (χ4v) is 2.03. The summed E-state index contributed by atoms with van der Waals surface area (Å²) >= 11 is 0. The van der Waals surface area contributed by atoms with Gasteiger partial charge in [0.1, 0.15) is 17.2 Å². The van der Waals surface area contributed by atoms with Crippen LogP contribution in [-0.2, 0) is 4.74 Å². The van der Waals surface area contributed by atoms with E-state index in [-0.39, 0.29) is 5.91 Å². The highest BCUT2D eigenvalue weighted by Gasteiger charge is 2.08. The maximum Gasteiger partial charge on any atom is 0.269 e. The van der Waals surface area contributed by atoms with Crippen molar-refractivity contribution in [2.24, 2.45) is 0 Å². The van der Waals surface area contributed by atoms with E-state index in [1.54, 1.807) is 39.7 Å². The molecule has 1 aromatic carbocycles. The lowest BCUT2D eigenvalue weighted by molar-refractivity contribution is 0.0932. The van der Waals surface area contributed by atoms with Gasteiger partial charge in [-0.25, -0.2) is 4.98 Å². The number of aromatic nitrogens is 1. The molecule has 0 aliphatic carbocycles. The van der Waals surface area contributed by atoms with Crippen LogP contribution in [-0.4, -0.2) is 45.4 Å². The van der Waals surface area contributed by atoms with Gasteiger partial charge in [-0.15, -0.1) is 0 Å². The summed E-state index contributed by atoms with van der Waals surface area (Å²) in [5.74, 6) is 1.15. The molecular formula is C17H21N3O4. The average molecular weight is 331 g/mol. The van der Waals surface area contributed by atoms with E-state index < -0.39 is 0 Å². The van der Waals surface area contributed by atoms with Crippen LogP contribution in [0.2, 0.25) is 0 Å². The lowest BCUT2D eigenvalue weighted by atomic mass is 10.2. The van der Waals surface area contributed by atoms with Crippen molar-refractivity contribution in [2.45, 2.75) is 0 Å². The third kappa shape index (κ3) is 4.60. The fourth-order valence-electron chi connectivity index (χ4n) is 2.03. The van der Waals surface area contributed by atoms with Crippen molar-refractivity contribution >= 4 is 17.3 Å². The Labute approximate surface area is 140 Å². The summed E-state index contributed by atoms with van der Waals surface area (Å²) in [6.07, 6.45) is 1.59. The first-order valence-corrected chi connectivity index (χ1v) is 7.40. The average Bonchev–Trinajstić information content (AvgIpc) is 2.62. The minimum absolute atomic E-state index is 0.238. The Morgan fingerprint density at radius 3 is 2.58 bits per heavy atom. The number of carbonyl (C=O) groups excluding carboxylic acids is 1. The van der Waals surface area contributed by atoms with E-state index in [0.29, 0.717) is 30.3 Å². The number of ether oxygens (including phenoxy) is 3. The molecule has 24 heavy (non-hydrogen) atoms. The Morgan fingerprint density at radius 2 is 1.96 bits per heavy atom. The van der Waals surface area contributed by atoms with Gasteiger partial charge in [-0.3, -0.25) is 4.79 Å². The number of benzene rings is 1. The number of hydrogen-bond donors (Lipinski definition) is 2. The summed E-state index contributed by atoms with van der Waals surface area (Å²) in [5, 5.41) is 5.92.